The highest BCUT2D eigenvalue weighted by atomic mass is 32.1. The molecule has 0 fully saturated rings. The van der Waals surface area contributed by atoms with E-state index in [-0.39, 0.29) is 0 Å². The van der Waals surface area contributed by atoms with Gasteiger partial charge < -0.3 is 0 Å². The maximum absolute atomic E-state index is 5.32. The minimum absolute atomic E-state index is 0.599. The molecule has 2 rings (SSSR count). The first-order chi connectivity index (χ1) is 9.17. The molecular weight excluding hydrogens is 254 g/mol. The average molecular weight is 275 g/mol. The van der Waals surface area contributed by atoms with Crippen molar-refractivity contribution in [3.8, 4) is 5.69 Å². The Morgan fingerprint density at radius 1 is 1.26 bits per heavy atom. The van der Waals surface area contributed by atoms with Gasteiger partial charge in [0.05, 0.1) is 0 Å². The van der Waals surface area contributed by atoms with Crippen LogP contribution in [0, 0.1) is 4.77 Å². The highest BCUT2D eigenvalue weighted by Gasteiger charge is 2.08. The zero-order valence-corrected chi connectivity index (χ0v) is 12.6. The van der Waals surface area contributed by atoms with Crippen molar-refractivity contribution >= 4 is 12.2 Å². The molecule has 0 aliphatic rings. The standard InChI is InChI=1S/C15H21N3S/c1-4-6-14-16-17-15(19)18(14)13-9-7-12(8-10-13)11(3)5-2/h7-11H,4-6H2,1-3H3,(H,17,19). The molecule has 0 spiro atoms. The van der Waals surface area contributed by atoms with E-state index in [4.69, 9.17) is 12.2 Å². The van der Waals surface area contributed by atoms with Gasteiger partial charge in [-0.2, -0.15) is 5.10 Å². The van der Waals surface area contributed by atoms with Gasteiger partial charge in [0.15, 0.2) is 4.77 Å². The Hall–Kier alpha value is -1.42. The molecule has 0 radical (unpaired) electrons. The van der Waals surface area contributed by atoms with Crippen molar-refractivity contribution in [2.45, 2.75) is 46.0 Å². The molecular formula is C15H21N3S. The van der Waals surface area contributed by atoms with Crippen molar-refractivity contribution in [3.63, 3.8) is 0 Å². The predicted octanol–water partition coefficient (Wildman–Crippen LogP) is 4.40. The Balaban J connectivity index is 2.37. The fourth-order valence-corrected chi connectivity index (χ4v) is 2.43. The van der Waals surface area contributed by atoms with Gasteiger partial charge in [0.25, 0.3) is 0 Å². The Labute approximate surface area is 119 Å². The van der Waals surface area contributed by atoms with Gasteiger partial charge in [0, 0.05) is 12.1 Å². The van der Waals surface area contributed by atoms with Crippen LogP contribution >= 0.6 is 12.2 Å². The molecule has 1 aromatic carbocycles. The van der Waals surface area contributed by atoms with Crippen molar-refractivity contribution in [2.24, 2.45) is 0 Å². The van der Waals surface area contributed by atoms with E-state index in [1.54, 1.807) is 0 Å². The summed E-state index contributed by atoms with van der Waals surface area (Å²) in [5.74, 6) is 1.60. The second kappa shape index (κ2) is 6.15. The summed E-state index contributed by atoms with van der Waals surface area (Å²) < 4.78 is 2.69. The van der Waals surface area contributed by atoms with Crippen molar-refractivity contribution in [3.05, 3.63) is 40.4 Å². The summed E-state index contributed by atoms with van der Waals surface area (Å²) in [6, 6.07) is 8.64. The smallest absolute Gasteiger partial charge is 0.199 e. The molecule has 1 unspecified atom stereocenters. The summed E-state index contributed by atoms with van der Waals surface area (Å²) in [5, 5.41) is 7.19. The number of rotatable bonds is 5. The van der Waals surface area contributed by atoms with Crippen LogP contribution in [-0.4, -0.2) is 14.8 Å². The van der Waals surface area contributed by atoms with E-state index in [1.807, 2.05) is 4.57 Å². The first kappa shape index (κ1) is 14.0. The van der Waals surface area contributed by atoms with Crippen LogP contribution in [0.25, 0.3) is 5.69 Å². The highest BCUT2D eigenvalue weighted by Crippen LogP contribution is 2.21. The first-order valence-corrected chi connectivity index (χ1v) is 7.34. The van der Waals surface area contributed by atoms with E-state index >= 15 is 0 Å². The third-order valence-corrected chi connectivity index (χ3v) is 3.82. The third kappa shape index (κ3) is 2.95. The molecule has 3 nitrogen and oxygen atoms in total. The van der Waals surface area contributed by atoms with Crippen molar-refractivity contribution in [1.82, 2.24) is 14.8 Å². The molecule has 19 heavy (non-hydrogen) atoms. The Morgan fingerprint density at radius 3 is 2.53 bits per heavy atom. The van der Waals surface area contributed by atoms with Crippen molar-refractivity contribution in [1.29, 1.82) is 0 Å². The molecule has 0 aliphatic carbocycles. The van der Waals surface area contributed by atoms with Gasteiger partial charge in [-0.25, -0.2) is 0 Å². The SMILES string of the molecule is CCCc1n[nH]c(=S)n1-c1ccc(C(C)CC)cc1. The third-order valence-electron chi connectivity index (χ3n) is 3.55. The highest BCUT2D eigenvalue weighted by molar-refractivity contribution is 7.71. The maximum Gasteiger partial charge on any atom is 0.199 e. The fraction of sp³-hybridized carbons (Fsp3) is 0.467. The molecule has 0 bridgehead atoms. The number of nitrogens with one attached hydrogen (secondary N) is 1. The van der Waals surface area contributed by atoms with Crippen LogP contribution in [0.15, 0.2) is 24.3 Å². The average Bonchev–Trinajstić information content (AvgIpc) is 2.80. The van der Waals surface area contributed by atoms with Crippen LogP contribution < -0.4 is 0 Å². The summed E-state index contributed by atoms with van der Waals surface area (Å²) in [5.41, 5.74) is 2.47. The molecule has 0 amide bonds. The summed E-state index contributed by atoms with van der Waals surface area (Å²) in [6.45, 7) is 6.61. The number of aromatic nitrogens is 3. The summed E-state index contributed by atoms with van der Waals surface area (Å²) in [4.78, 5) is 0. The molecule has 2 aromatic rings. The van der Waals surface area contributed by atoms with Crippen LogP contribution in [0.4, 0.5) is 0 Å². The quantitative estimate of drug-likeness (QED) is 0.821. The lowest BCUT2D eigenvalue weighted by Gasteiger charge is -2.11. The molecule has 0 saturated carbocycles. The van der Waals surface area contributed by atoms with E-state index in [1.165, 1.54) is 5.56 Å². The fourth-order valence-electron chi connectivity index (χ4n) is 2.17. The van der Waals surface area contributed by atoms with Gasteiger partial charge in [-0.05, 0) is 48.7 Å². The van der Waals surface area contributed by atoms with Gasteiger partial charge >= 0.3 is 0 Å². The molecule has 1 aromatic heterocycles. The predicted molar refractivity (Wildman–Crippen MR) is 81.4 cm³/mol. The lowest BCUT2D eigenvalue weighted by atomic mass is 9.98. The van der Waals surface area contributed by atoms with Gasteiger partial charge in [-0.15, -0.1) is 0 Å². The second-order valence-corrected chi connectivity index (χ2v) is 5.32. The second-order valence-electron chi connectivity index (χ2n) is 4.93. The molecule has 102 valence electrons. The zero-order chi connectivity index (χ0) is 13.8. The number of aromatic amines is 1. The van der Waals surface area contributed by atoms with Gasteiger partial charge in [0.1, 0.15) is 5.82 Å². The number of aryl methyl sites for hydroxylation is 1. The topological polar surface area (TPSA) is 33.6 Å². The Bertz CT molecular complexity index is 580. The normalized spacial score (nSPS) is 12.6. The molecule has 0 saturated heterocycles. The summed E-state index contributed by atoms with van der Waals surface area (Å²) in [6.07, 6.45) is 3.15. The largest absolute Gasteiger partial charge is 0.272 e. The van der Waals surface area contributed by atoms with E-state index < -0.39 is 0 Å². The zero-order valence-electron chi connectivity index (χ0n) is 11.8. The number of hydrogen-bond acceptors (Lipinski definition) is 2. The first-order valence-electron chi connectivity index (χ1n) is 6.94. The number of benzene rings is 1. The van der Waals surface area contributed by atoms with Crippen LogP contribution in [0.1, 0.15) is 50.9 Å². The molecule has 1 heterocycles. The monoisotopic (exact) mass is 275 g/mol. The minimum Gasteiger partial charge on any atom is -0.272 e. The Kier molecular flexibility index (Phi) is 4.53. The molecule has 4 heteroatoms. The van der Waals surface area contributed by atoms with E-state index in [0.29, 0.717) is 10.7 Å². The Morgan fingerprint density at radius 2 is 1.95 bits per heavy atom. The van der Waals surface area contributed by atoms with Crippen molar-refractivity contribution in [2.75, 3.05) is 0 Å². The molecule has 0 aliphatic heterocycles. The van der Waals surface area contributed by atoms with E-state index in [9.17, 15) is 0 Å². The lowest BCUT2D eigenvalue weighted by Crippen LogP contribution is -2.02. The number of H-pyrrole nitrogens is 1. The minimum atomic E-state index is 0.599. The van der Waals surface area contributed by atoms with E-state index in [2.05, 4.69) is 55.2 Å². The van der Waals surface area contributed by atoms with Gasteiger partial charge in [0.2, 0.25) is 0 Å². The molecule has 1 atom stereocenters. The van der Waals surface area contributed by atoms with E-state index in [0.717, 1.165) is 30.8 Å². The lowest BCUT2D eigenvalue weighted by molar-refractivity contribution is 0.732. The van der Waals surface area contributed by atoms with Crippen LogP contribution in [-0.2, 0) is 6.42 Å². The number of nitrogens with zero attached hydrogens (tertiary/aromatic N) is 2. The number of hydrogen-bond donors (Lipinski definition) is 1. The summed E-state index contributed by atoms with van der Waals surface area (Å²) in [7, 11) is 0. The van der Waals surface area contributed by atoms with Crippen LogP contribution in [0.2, 0.25) is 0 Å². The van der Waals surface area contributed by atoms with Crippen LogP contribution in [0.5, 0.6) is 0 Å². The maximum atomic E-state index is 5.32. The van der Waals surface area contributed by atoms with Gasteiger partial charge in [-0.1, -0.05) is 32.9 Å². The van der Waals surface area contributed by atoms with Crippen LogP contribution in [0.3, 0.4) is 0 Å². The molecule has 1 N–H and O–H groups in total. The summed E-state index contributed by atoms with van der Waals surface area (Å²) >= 11 is 5.32. The van der Waals surface area contributed by atoms with Gasteiger partial charge in [-0.3, -0.25) is 9.67 Å². The van der Waals surface area contributed by atoms with Crippen molar-refractivity contribution < 1.29 is 0 Å².